The zero-order chi connectivity index (χ0) is 17.6. The molecule has 0 aromatic heterocycles. The number of carbonyl (C=O) groups is 1. The van der Waals surface area contributed by atoms with Crippen molar-refractivity contribution in [1.29, 1.82) is 0 Å². The summed E-state index contributed by atoms with van der Waals surface area (Å²) >= 11 is 3.19. The van der Waals surface area contributed by atoms with Crippen LogP contribution in [-0.4, -0.2) is 31.1 Å². The average Bonchev–Trinajstić information content (AvgIpc) is 2.61. The molecule has 0 saturated carbocycles. The van der Waals surface area contributed by atoms with E-state index in [4.69, 9.17) is 9.47 Å². The summed E-state index contributed by atoms with van der Waals surface area (Å²) < 4.78 is 11.2. The van der Waals surface area contributed by atoms with E-state index in [0.717, 1.165) is 22.1 Å². The molecule has 0 aliphatic carbocycles. The predicted octanol–water partition coefficient (Wildman–Crippen LogP) is 4.36. The Kier molecular flexibility index (Phi) is 6.15. The fraction of sp³-hybridized carbons (Fsp3) is 0.316. The van der Waals surface area contributed by atoms with Crippen LogP contribution < -0.4 is 14.8 Å². The van der Waals surface area contributed by atoms with Crippen molar-refractivity contribution in [3.05, 3.63) is 47.5 Å². The first-order valence-electron chi connectivity index (χ1n) is 8.06. The summed E-state index contributed by atoms with van der Waals surface area (Å²) in [5, 5.41) is 2.99. The average molecular weight is 376 g/mol. The molecule has 1 N–H and O–H groups in total. The zero-order valence-electron chi connectivity index (χ0n) is 14.3. The second-order valence-electron chi connectivity index (χ2n) is 5.73. The summed E-state index contributed by atoms with van der Waals surface area (Å²) in [5.74, 6) is 2.65. The Bertz CT molecular complexity index is 764. The van der Waals surface area contributed by atoms with Gasteiger partial charge in [0.25, 0.3) is 0 Å². The van der Waals surface area contributed by atoms with Gasteiger partial charge < -0.3 is 14.8 Å². The molecule has 0 spiro atoms. The fourth-order valence-corrected chi connectivity index (χ4v) is 3.92. The lowest BCUT2D eigenvalue weighted by Crippen LogP contribution is -2.18. The maximum Gasteiger partial charge on any atom is 0.234 e. The van der Waals surface area contributed by atoms with Gasteiger partial charge in [0.1, 0.15) is 13.2 Å². The quantitative estimate of drug-likeness (QED) is 0.760. The van der Waals surface area contributed by atoms with Crippen LogP contribution in [0.4, 0.5) is 5.69 Å². The summed E-state index contributed by atoms with van der Waals surface area (Å²) in [6.45, 7) is 3.17. The molecule has 132 valence electrons. The number of thioether (sulfide) groups is 2. The molecule has 2 aromatic carbocycles. The van der Waals surface area contributed by atoms with Crippen LogP contribution in [0.25, 0.3) is 0 Å². The molecule has 1 heterocycles. The Morgan fingerprint density at radius 1 is 1.16 bits per heavy atom. The summed E-state index contributed by atoms with van der Waals surface area (Å²) in [6, 6.07) is 12.1. The number of nitrogens with one attached hydrogen (secondary N) is 1. The second-order valence-corrected chi connectivity index (χ2v) is 7.56. The molecule has 0 atom stereocenters. The molecule has 0 radical (unpaired) electrons. The molecule has 6 heteroatoms. The Morgan fingerprint density at radius 2 is 1.92 bits per heavy atom. The van der Waals surface area contributed by atoms with Crippen LogP contribution in [0.1, 0.15) is 11.1 Å². The van der Waals surface area contributed by atoms with E-state index < -0.39 is 0 Å². The SMILES string of the molecule is CSc1cc2c(cc1NC(=O)CSCc1cccc(C)c1)OCCO2. The first kappa shape index (κ1) is 18.0. The maximum atomic E-state index is 12.3. The Morgan fingerprint density at radius 3 is 2.64 bits per heavy atom. The zero-order valence-corrected chi connectivity index (χ0v) is 16.0. The van der Waals surface area contributed by atoms with Gasteiger partial charge in [-0.25, -0.2) is 0 Å². The fourth-order valence-electron chi connectivity index (χ4n) is 2.59. The highest BCUT2D eigenvalue weighted by Crippen LogP contribution is 2.39. The van der Waals surface area contributed by atoms with E-state index in [-0.39, 0.29) is 5.91 Å². The van der Waals surface area contributed by atoms with E-state index in [1.165, 1.54) is 11.1 Å². The third kappa shape index (κ3) is 4.86. The minimum Gasteiger partial charge on any atom is -0.486 e. The third-order valence-electron chi connectivity index (χ3n) is 3.72. The predicted molar refractivity (Wildman–Crippen MR) is 105 cm³/mol. The molecule has 4 nitrogen and oxygen atoms in total. The topological polar surface area (TPSA) is 47.6 Å². The highest BCUT2D eigenvalue weighted by molar-refractivity contribution is 7.99. The van der Waals surface area contributed by atoms with Crippen molar-refractivity contribution in [2.24, 2.45) is 0 Å². The summed E-state index contributed by atoms with van der Waals surface area (Å²) in [4.78, 5) is 13.3. The standard InChI is InChI=1S/C19H21NO3S2/c1-13-4-3-5-14(8-13)11-25-12-19(21)20-15-9-16-17(10-18(15)24-2)23-7-6-22-16/h3-5,8-10H,6-7,11-12H2,1-2H3,(H,20,21). The van der Waals surface area contributed by atoms with Gasteiger partial charge in [0.2, 0.25) is 5.91 Å². The molecular weight excluding hydrogens is 354 g/mol. The van der Waals surface area contributed by atoms with Gasteiger partial charge in [-0.1, -0.05) is 29.8 Å². The molecule has 25 heavy (non-hydrogen) atoms. The normalized spacial score (nSPS) is 12.7. The largest absolute Gasteiger partial charge is 0.486 e. The van der Waals surface area contributed by atoms with Crippen LogP contribution in [-0.2, 0) is 10.5 Å². The van der Waals surface area contributed by atoms with Crippen LogP contribution >= 0.6 is 23.5 Å². The molecule has 2 aromatic rings. The number of rotatable bonds is 6. The van der Waals surface area contributed by atoms with Gasteiger partial charge in [-0.2, -0.15) is 0 Å². The number of anilines is 1. The molecule has 0 unspecified atom stereocenters. The van der Waals surface area contributed by atoms with Gasteiger partial charge in [-0.3, -0.25) is 4.79 Å². The van der Waals surface area contributed by atoms with Gasteiger partial charge in [-0.15, -0.1) is 23.5 Å². The van der Waals surface area contributed by atoms with Gasteiger partial charge in [0.15, 0.2) is 11.5 Å². The molecule has 3 rings (SSSR count). The molecule has 1 amide bonds. The number of aryl methyl sites for hydroxylation is 1. The van der Waals surface area contributed by atoms with Gasteiger partial charge in [-0.05, 0) is 24.8 Å². The van der Waals surface area contributed by atoms with Crippen molar-refractivity contribution in [3.8, 4) is 11.5 Å². The van der Waals surface area contributed by atoms with Crippen LogP contribution in [0.15, 0.2) is 41.3 Å². The number of hydrogen-bond acceptors (Lipinski definition) is 5. The van der Waals surface area contributed by atoms with Gasteiger partial charge in [0.05, 0.1) is 11.4 Å². The number of benzene rings is 2. The van der Waals surface area contributed by atoms with E-state index in [1.807, 2.05) is 24.5 Å². The van der Waals surface area contributed by atoms with E-state index >= 15 is 0 Å². The number of hydrogen-bond donors (Lipinski definition) is 1. The van der Waals surface area contributed by atoms with E-state index in [1.54, 1.807) is 23.5 Å². The van der Waals surface area contributed by atoms with E-state index in [9.17, 15) is 4.79 Å². The minimum atomic E-state index is -0.00960. The van der Waals surface area contributed by atoms with Crippen molar-refractivity contribution in [2.75, 3.05) is 30.5 Å². The lowest BCUT2D eigenvalue weighted by atomic mass is 10.2. The highest BCUT2D eigenvalue weighted by Gasteiger charge is 2.17. The van der Waals surface area contributed by atoms with Gasteiger partial charge >= 0.3 is 0 Å². The van der Waals surface area contributed by atoms with Crippen LogP contribution in [0, 0.1) is 6.92 Å². The summed E-state index contributed by atoms with van der Waals surface area (Å²) in [7, 11) is 0. The first-order chi connectivity index (χ1) is 12.2. The smallest absolute Gasteiger partial charge is 0.234 e. The Labute approximate surface area is 156 Å². The second kappa shape index (κ2) is 8.54. The monoisotopic (exact) mass is 375 g/mol. The van der Waals surface area contributed by atoms with Crippen molar-refractivity contribution in [1.82, 2.24) is 0 Å². The Hall–Kier alpha value is -1.79. The van der Waals surface area contributed by atoms with Crippen LogP contribution in [0.2, 0.25) is 0 Å². The lowest BCUT2D eigenvalue weighted by Gasteiger charge is -2.21. The number of ether oxygens (including phenoxy) is 2. The van der Waals surface area contributed by atoms with Crippen molar-refractivity contribution in [3.63, 3.8) is 0 Å². The first-order valence-corrected chi connectivity index (χ1v) is 10.4. The lowest BCUT2D eigenvalue weighted by molar-refractivity contribution is -0.113. The molecular formula is C19H21NO3S2. The molecule has 0 saturated heterocycles. The summed E-state index contributed by atoms with van der Waals surface area (Å²) in [5.41, 5.74) is 3.25. The molecule has 1 aliphatic heterocycles. The van der Waals surface area contributed by atoms with Crippen molar-refractivity contribution in [2.45, 2.75) is 17.6 Å². The molecule has 1 aliphatic rings. The van der Waals surface area contributed by atoms with E-state index in [2.05, 4.69) is 30.4 Å². The minimum absolute atomic E-state index is 0.00960. The van der Waals surface area contributed by atoms with Crippen molar-refractivity contribution >= 4 is 35.1 Å². The molecule has 0 bridgehead atoms. The number of fused-ring (bicyclic) bond motifs is 1. The van der Waals surface area contributed by atoms with E-state index in [0.29, 0.717) is 24.7 Å². The summed E-state index contributed by atoms with van der Waals surface area (Å²) in [6.07, 6.45) is 1.98. The number of carbonyl (C=O) groups excluding carboxylic acids is 1. The Balaban J connectivity index is 1.58. The van der Waals surface area contributed by atoms with Gasteiger partial charge in [0, 0.05) is 16.7 Å². The van der Waals surface area contributed by atoms with Crippen LogP contribution in [0.5, 0.6) is 11.5 Å². The molecule has 0 fully saturated rings. The van der Waals surface area contributed by atoms with Crippen molar-refractivity contribution < 1.29 is 14.3 Å². The maximum absolute atomic E-state index is 12.3. The number of amides is 1. The third-order valence-corrected chi connectivity index (χ3v) is 5.50. The van der Waals surface area contributed by atoms with Crippen LogP contribution in [0.3, 0.4) is 0 Å². The highest BCUT2D eigenvalue weighted by atomic mass is 32.2.